The molecule has 0 unspecified atom stereocenters. The van der Waals surface area contributed by atoms with Crippen LogP contribution in [-0.4, -0.2) is 4.57 Å². The molecule has 0 aliphatic carbocycles. The summed E-state index contributed by atoms with van der Waals surface area (Å²) in [6.07, 6.45) is 0. The van der Waals surface area contributed by atoms with Gasteiger partial charge in [0.25, 0.3) is 0 Å². The topological polar surface area (TPSA) is 8.17 Å². The molecule has 0 radical (unpaired) electrons. The molecule has 0 amide bonds. The van der Waals surface area contributed by atoms with E-state index in [-0.39, 0.29) is 0 Å². The second-order valence-electron chi connectivity index (χ2n) is 14.9. The molecule has 0 spiro atoms. The molecule has 0 saturated carbocycles. The minimum atomic E-state index is 1.11. The van der Waals surface area contributed by atoms with Gasteiger partial charge in [-0.3, -0.25) is 0 Å². The Morgan fingerprint density at radius 3 is 1.43 bits per heavy atom. The van der Waals surface area contributed by atoms with Crippen LogP contribution in [-0.2, 0) is 0 Å². The molecule has 0 bridgehead atoms. The van der Waals surface area contributed by atoms with Gasteiger partial charge in [-0.2, -0.15) is 0 Å². The van der Waals surface area contributed by atoms with Gasteiger partial charge in [0, 0.05) is 38.9 Å². The number of hydrogen-bond acceptors (Lipinski definition) is 1. The highest BCUT2D eigenvalue weighted by Crippen LogP contribution is 2.49. The first kappa shape index (κ1) is 31.0. The zero-order valence-electron chi connectivity index (χ0n) is 30.5. The van der Waals surface area contributed by atoms with Gasteiger partial charge in [0.15, 0.2) is 0 Å². The Labute approximate surface area is 324 Å². The molecule has 0 atom stereocenters. The first-order valence-corrected chi connectivity index (χ1v) is 19.4. The Bertz CT molecular complexity index is 3380. The summed E-state index contributed by atoms with van der Waals surface area (Å²) >= 11 is 0. The normalized spacial score (nSPS) is 11.9. The highest BCUT2D eigenvalue weighted by Gasteiger charge is 2.23. The molecule has 56 heavy (non-hydrogen) atoms. The maximum atomic E-state index is 2.48. The largest absolute Gasteiger partial charge is 0.311 e. The Balaban J connectivity index is 0.985. The summed E-state index contributed by atoms with van der Waals surface area (Å²) in [5.41, 5.74) is 11.8. The molecular formula is C54H34N2. The summed E-state index contributed by atoms with van der Waals surface area (Å²) in [6, 6.07) is 75.4. The zero-order chi connectivity index (χ0) is 36.7. The second kappa shape index (κ2) is 12.0. The Morgan fingerprint density at radius 2 is 0.732 bits per heavy atom. The van der Waals surface area contributed by atoms with Gasteiger partial charge >= 0.3 is 0 Å². The van der Waals surface area contributed by atoms with Crippen LogP contribution < -0.4 is 4.90 Å². The molecule has 12 rings (SSSR count). The molecule has 11 aromatic carbocycles. The third kappa shape index (κ3) is 4.50. The Hall–Kier alpha value is -7.42. The molecule has 0 fully saturated rings. The maximum Gasteiger partial charge on any atom is 0.0548 e. The molecular weight excluding hydrogens is 677 g/mol. The van der Waals surface area contributed by atoms with Gasteiger partial charge in [-0.15, -0.1) is 0 Å². The van der Waals surface area contributed by atoms with Crippen molar-refractivity contribution in [2.24, 2.45) is 0 Å². The number of hydrogen-bond donors (Lipinski definition) is 0. The van der Waals surface area contributed by atoms with E-state index in [4.69, 9.17) is 0 Å². The van der Waals surface area contributed by atoms with Crippen molar-refractivity contribution in [1.82, 2.24) is 4.57 Å². The zero-order valence-corrected chi connectivity index (χ0v) is 30.5. The summed E-state index contributed by atoms with van der Waals surface area (Å²) in [4.78, 5) is 2.33. The SMILES string of the molecule is c1ccc(-c2ccc(N(c3ccccc3)c3ccc(-c4cccc(-n5c6cccc7c8cccc9c%10ccccc%10c%10ccc5c(c%10c98)c76)c4)cc3)cc2)cc1. The molecule has 2 nitrogen and oxygen atoms in total. The highest BCUT2D eigenvalue weighted by molar-refractivity contribution is 6.44. The van der Waals surface area contributed by atoms with Crippen LogP contribution >= 0.6 is 0 Å². The molecule has 2 heteroatoms. The molecule has 12 aromatic rings. The fraction of sp³-hybridized carbons (Fsp3) is 0. The maximum absolute atomic E-state index is 2.48. The van der Waals surface area contributed by atoms with E-state index in [1.807, 2.05) is 0 Å². The summed E-state index contributed by atoms with van der Waals surface area (Å²) in [5.74, 6) is 0. The summed E-state index contributed by atoms with van der Waals surface area (Å²) in [5, 5.41) is 13.4. The van der Waals surface area contributed by atoms with Gasteiger partial charge in [-0.05, 0) is 121 Å². The van der Waals surface area contributed by atoms with Crippen molar-refractivity contribution in [2.45, 2.75) is 0 Å². The van der Waals surface area contributed by atoms with E-state index in [0.717, 1.165) is 22.7 Å². The van der Waals surface area contributed by atoms with Crippen molar-refractivity contribution in [2.75, 3.05) is 4.90 Å². The van der Waals surface area contributed by atoms with Gasteiger partial charge < -0.3 is 9.47 Å². The van der Waals surface area contributed by atoms with E-state index in [9.17, 15) is 0 Å². The van der Waals surface area contributed by atoms with Gasteiger partial charge in [0.2, 0.25) is 0 Å². The van der Waals surface area contributed by atoms with Crippen LogP contribution in [0.4, 0.5) is 17.1 Å². The third-order valence-corrected chi connectivity index (χ3v) is 11.9. The predicted octanol–water partition coefficient (Wildman–Crippen LogP) is 15.1. The molecule has 0 aliphatic rings. The molecule has 0 saturated heterocycles. The lowest BCUT2D eigenvalue weighted by atomic mass is 9.86. The van der Waals surface area contributed by atoms with Crippen molar-refractivity contribution in [3.05, 3.63) is 206 Å². The lowest BCUT2D eigenvalue weighted by molar-refractivity contribution is 1.18. The van der Waals surface area contributed by atoms with Crippen LogP contribution in [0.3, 0.4) is 0 Å². The molecule has 1 heterocycles. The van der Waals surface area contributed by atoms with Crippen LogP contribution in [0.5, 0.6) is 0 Å². The number of anilines is 3. The quantitative estimate of drug-likeness (QED) is 0.123. The predicted molar refractivity (Wildman–Crippen MR) is 239 cm³/mol. The fourth-order valence-corrected chi connectivity index (χ4v) is 9.45. The van der Waals surface area contributed by atoms with Crippen molar-refractivity contribution in [3.8, 4) is 27.9 Å². The lowest BCUT2D eigenvalue weighted by Gasteiger charge is -2.26. The van der Waals surface area contributed by atoms with E-state index in [1.165, 1.54) is 87.1 Å². The number of nitrogens with zero attached hydrogens (tertiary/aromatic N) is 2. The van der Waals surface area contributed by atoms with Crippen LogP contribution in [0.1, 0.15) is 0 Å². The molecule has 1 aromatic heterocycles. The second-order valence-corrected chi connectivity index (χ2v) is 14.9. The van der Waals surface area contributed by atoms with Crippen LogP contribution in [0.25, 0.3) is 92.8 Å². The van der Waals surface area contributed by atoms with E-state index in [1.54, 1.807) is 0 Å². The third-order valence-electron chi connectivity index (χ3n) is 11.9. The first-order chi connectivity index (χ1) is 27.8. The van der Waals surface area contributed by atoms with Crippen molar-refractivity contribution in [1.29, 1.82) is 0 Å². The summed E-state index contributed by atoms with van der Waals surface area (Å²) < 4.78 is 2.48. The van der Waals surface area contributed by atoms with Crippen molar-refractivity contribution < 1.29 is 0 Å². The van der Waals surface area contributed by atoms with Crippen molar-refractivity contribution >= 4 is 82.0 Å². The number of fused-ring (bicyclic) bond motifs is 4. The Kier molecular flexibility index (Phi) is 6.66. The monoisotopic (exact) mass is 710 g/mol. The average Bonchev–Trinajstić information content (AvgIpc) is 3.62. The van der Waals surface area contributed by atoms with E-state index in [0.29, 0.717) is 0 Å². The number of rotatable bonds is 6. The van der Waals surface area contributed by atoms with Crippen molar-refractivity contribution in [3.63, 3.8) is 0 Å². The van der Waals surface area contributed by atoms with E-state index >= 15 is 0 Å². The molecule has 0 aliphatic heterocycles. The minimum absolute atomic E-state index is 1.11. The number of para-hydroxylation sites is 1. The first-order valence-electron chi connectivity index (χ1n) is 19.4. The smallest absolute Gasteiger partial charge is 0.0548 e. The number of aromatic nitrogens is 1. The lowest BCUT2D eigenvalue weighted by Crippen LogP contribution is -2.09. The summed E-state index contributed by atoms with van der Waals surface area (Å²) in [6.45, 7) is 0. The Morgan fingerprint density at radius 1 is 0.268 bits per heavy atom. The van der Waals surface area contributed by atoms with Crippen LogP contribution in [0.15, 0.2) is 206 Å². The van der Waals surface area contributed by atoms with Gasteiger partial charge in [-0.25, -0.2) is 0 Å². The standard InChI is InChI=1S/C54H34N2/c1-3-12-35(13-4-1)36-24-28-40(29-25-36)55(39-15-5-2-6-16-39)41-30-26-37(27-31-41)38-14-9-17-42(34-38)56-49-23-11-22-47-46-21-10-20-45-43-18-7-8-19-44(43)48-32-33-50(56)54(52(47)49)53(48)51(45)46/h1-34H. The molecule has 260 valence electrons. The van der Waals surface area contributed by atoms with E-state index < -0.39 is 0 Å². The summed E-state index contributed by atoms with van der Waals surface area (Å²) in [7, 11) is 0. The van der Waals surface area contributed by atoms with Gasteiger partial charge in [0.05, 0.1) is 11.0 Å². The molecule has 0 N–H and O–H groups in total. The van der Waals surface area contributed by atoms with E-state index in [2.05, 4.69) is 216 Å². The van der Waals surface area contributed by atoms with Gasteiger partial charge in [-0.1, -0.05) is 146 Å². The van der Waals surface area contributed by atoms with Crippen LogP contribution in [0, 0.1) is 0 Å². The van der Waals surface area contributed by atoms with Crippen LogP contribution in [0.2, 0.25) is 0 Å². The van der Waals surface area contributed by atoms with Gasteiger partial charge in [0.1, 0.15) is 0 Å². The average molecular weight is 711 g/mol. The highest BCUT2D eigenvalue weighted by atomic mass is 15.1. The number of benzene rings is 11. The fourth-order valence-electron chi connectivity index (χ4n) is 9.45. The minimum Gasteiger partial charge on any atom is -0.311 e.